The molecule has 0 amide bonds. The molecule has 0 saturated carbocycles. The summed E-state index contributed by atoms with van der Waals surface area (Å²) < 4.78 is 5.31. The zero-order valence-corrected chi connectivity index (χ0v) is 9.93. The van der Waals surface area contributed by atoms with Gasteiger partial charge in [0.1, 0.15) is 5.60 Å². The lowest BCUT2D eigenvalue weighted by atomic mass is 9.80. The minimum Gasteiger partial charge on any atom is -0.478 e. The molecule has 0 aliphatic rings. The molecule has 0 aliphatic carbocycles. The number of hydrogen-bond donors (Lipinski definition) is 4. The molecule has 100 valence electrons. The number of hydrogen-bond acceptors (Lipinski definition) is 5. The van der Waals surface area contributed by atoms with Gasteiger partial charge in [-0.2, -0.15) is 0 Å². The first-order valence-electron chi connectivity index (χ1n) is 5.39. The van der Waals surface area contributed by atoms with E-state index in [0.717, 1.165) is 0 Å². The molecule has 0 heterocycles. The summed E-state index contributed by atoms with van der Waals surface area (Å²) in [6.07, 6.45) is 0.114. The maximum atomic E-state index is 11.0. The van der Waals surface area contributed by atoms with Crippen molar-refractivity contribution in [3.63, 3.8) is 0 Å². The Balaban J connectivity index is 5.30. The minimum absolute atomic E-state index is 0.114. The summed E-state index contributed by atoms with van der Waals surface area (Å²) in [6, 6.07) is 0. The van der Waals surface area contributed by atoms with Crippen LogP contribution in [0.3, 0.4) is 0 Å². The fraction of sp³-hybridized carbons (Fsp3) is 0.727. The van der Waals surface area contributed by atoms with Gasteiger partial charge < -0.3 is 25.2 Å². The Morgan fingerprint density at radius 3 is 2.29 bits per heavy atom. The Morgan fingerprint density at radius 2 is 2.00 bits per heavy atom. The molecular formula is C11H20O6. The highest BCUT2D eigenvalue weighted by atomic mass is 16.5. The van der Waals surface area contributed by atoms with Gasteiger partial charge in [0.25, 0.3) is 0 Å². The molecule has 0 radical (unpaired) electrons. The quantitative estimate of drug-likeness (QED) is 0.405. The van der Waals surface area contributed by atoms with Crippen LogP contribution in [0.5, 0.6) is 0 Å². The largest absolute Gasteiger partial charge is 0.478 e. The highest BCUT2D eigenvalue weighted by Gasteiger charge is 2.44. The van der Waals surface area contributed by atoms with Crippen molar-refractivity contribution in [2.24, 2.45) is 5.92 Å². The topological polar surface area (TPSA) is 107 Å². The monoisotopic (exact) mass is 248 g/mol. The molecule has 17 heavy (non-hydrogen) atoms. The number of ether oxygens (including phenoxy) is 1. The van der Waals surface area contributed by atoms with Gasteiger partial charge in [-0.05, 0) is 13.3 Å². The van der Waals surface area contributed by atoms with Crippen molar-refractivity contribution in [3.8, 4) is 0 Å². The van der Waals surface area contributed by atoms with Gasteiger partial charge in [-0.25, -0.2) is 4.79 Å². The molecule has 6 nitrogen and oxygen atoms in total. The Kier molecular flexibility index (Phi) is 6.98. The van der Waals surface area contributed by atoms with E-state index in [4.69, 9.17) is 14.9 Å². The number of aliphatic carboxylic acids is 1. The second kappa shape index (κ2) is 7.39. The van der Waals surface area contributed by atoms with Gasteiger partial charge in [-0.3, -0.25) is 0 Å². The van der Waals surface area contributed by atoms with Crippen molar-refractivity contribution in [1.82, 2.24) is 0 Å². The van der Waals surface area contributed by atoms with Crippen LogP contribution in [0.15, 0.2) is 12.2 Å². The standard InChI is InChI=1S/C11H20O6/c1-3-17-11(7-14,8(2)10(15)16)9(6-13)4-5-12/h9,12-14H,2-7H2,1H3,(H,15,16). The maximum Gasteiger partial charge on any atom is 0.334 e. The van der Waals surface area contributed by atoms with Crippen molar-refractivity contribution in [2.45, 2.75) is 18.9 Å². The summed E-state index contributed by atoms with van der Waals surface area (Å²) in [7, 11) is 0. The predicted molar refractivity (Wildman–Crippen MR) is 60.5 cm³/mol. The van der Waals surface area contributed by atoms with E-state index in [-0.39, 0.29) is 25.2 Å². The summed E-state index contributed by atoms with van der Waals surface area (Å²) in [4.78, 5) is 11.0. The van der Waals surface area contributed by atoms with Crippen molar-refractivity contribution in [2.75, 3.05) is 26.4 Å². The number of carboxylic acids is 1. The van der Waals surface area contributed by atoms with Gasteiger partial charge >= 0.3 is 5.97 Å². The first-order chi connectivity index (χ1) is 7.99. The van der Waals surface area contributed by atoms with Crippen LogP contribution in [0.4, 0.5) is 0 Å². The summed E-state index contributed by atoms with van der Waals surface area (Å²) in [5.74, 6) is -2.02. The molecule has 0 bridgehead atoms. The van der Waals surface area contributed by atoms with Gasteiger partial charge in [0, 0.05) is 25.7 Å². The van der Waals surface area contributed by atoms with E-state index in [1.807, 2.05) is 0 Å². The van der Waals surface area contributed by atoms with Crippen LogP contribution in [-0.4, -0.2) is 58.4 Å². The molecule has 0 saturated heterocycles. The zero-order valence-electron chi connectivity index (χ0n) is 9.93. The van der Waals surface area contributed by atoms with Crippen molar-refractivity contribution in [1.29, 1.82) is 0 Å². The molecule has 0 aliphatic heterocycles. The Morgan fingerprint density at radius 1 is 1.41 bits per heavy atom. The van der Waals surface area contributed by atoms with Gasteiger partial charge in [-0.15, -0.1) is 0 Å². The van der Waals surface area contributed by atoms with E-state index in [9.17, 15) is 15.0 Å². The SMILES string of the molecule is C=C(C(=O)O)C(CO)(OCC)C(CO)CCO. The van der Waals surface area contributed by atoms with Crippen LogP contribution in [0.25, 0.3) is 0 Å². The van der Waals surface area contributed by atoms with Crippen LogP contribution >= 0.6 is 0 Å². The van der Waals surface area contributed by atoms with Crippen LogP contribution in [0.1, 0.15) is 13.3 Å². The predicted octanol–water partition coefficient (Wildman–Crippen LogP) is -0.614. The van der Waals surface area contributed by atoms with Gasteiger partial charge in [0.05, 0.1) is 12.2 Å². The third-order valence-corrected chi connectivity index (χ3v) is 2.76. The lowest BCUT2D eigenvalue weighted by Crippen LogP contribution is -2.50. The number of rotatable bonds is 9. The Bertz CT molecular complexity index is 265. The lowest BCUT2D eigenvalue weighted by molar-refractivity contribution is -0.144. The Hall–Kier alpha value is -0.950. The third-order valence-electron chi connectivity index (χ3n) is 2.76. The fourth-order valence-electron chi connectivity index (χ4n) is 1.79. The van der Waals surface area contributed by atoms with E-state index in [2.05, 4.69) is 6.58 Å². The van der Waals surface area contributed by atoms with Crippen molar-refractivity contribution in [3.05, 3.63) is 12.2 Å². The first-order valence-corrected chi connectivity index (χ1v) is 5.39. The van der Waals surface area contributed by atoms with Crippen LogP contribution in [-0.2, 0) is 9.53 Å². The number of carbonyl (C=O) groups is 1. The van der Waals surface area contributed by atoms with Crippen LogP contribution < -0.4 is 0 Å². The van der Waals surface area contributed by atoms with Crippen LogP contribution in [0.2, 0.25) is 0 Å². The minimum atomic E-state index is -1.56. The van der Waals surface area contributed by atoms with E-state index < -0.39 is 30.7 Å². The smallest absolute Gasteiger partial charge is 0.334 e. The van der Waals surface area contributed by atoms with Gasteiger partial charge in [0.15, 0.2) is 0 Å². The summed E-state index contributed by atoms with van der Waals surface area (Å²) in [5.41, 5.74) is -1.88. The summed E-state index contributed by atoms with van der Waals surface area (Å²) >= 11 is 0. The number of carboxylic acid groups (broad SMARTS) is 1. The molecule has 0 fully saturated rings. The lowest BCUT2D eigenvalue weighted by Gasteiger charge is -2.38. The molecule has 2 atom stereocenters. The molecule has 6 heteroatoms. The highest BCUT2D eigenvalue weighted by molar-refractivity contribution is 5.88. The van der Waals surface area contributed by atoms with E-state index in [1.54, 1.807) is 6.92 Å². The van der Waals surface area contributed by atoms with Crippen LogP contribution in [0, 0.1) is 5.92 Å². The molecule has 0 aromatic carbocycles. The van der Waals surface area contributed by atoms with E-state index >= 15 is 0 Å². The van der Waals surface area contributed by atoms with Gasteiger partial charge in [-0.1, -0.05) is 6.58 Å². The van der Waals surface area contributed by atoms with Gasteiger partial charge in [0.2, 0.25) is 0 Å². The summed E-state index contributed by atoms with van der Waals surface area (Å²) in [5, 5.41) is 36.5. The average molecular weight is 248 g/mol. The summed E-state index contributed by atoms with van der Waals surface area (Å²) in [6.45, 7) is 3.93. The molecule has 2 unspecified atom stereocenters. The molecule has 0 aromatic rings. The normalized spacial score (nSPS) is 16.2. The number of aliphatic hydroxyl groups excluding tert-OH is 3. The number of aliphatic hydroxyl groups is 3. The Labute approximate surface area is 100 Å². The molecule has 0 aromatic heterocycles. The van der Waals surface area contributed by atoms with Crippen molar-refractivity contribution < 1.29 is 30.0 Å². The van der Waals surface area contributed by atoms with E-state index in [1.165, 1.54) is 0 Å². The van der Waals surface area contributed by atoms with E-state index in [0.29, 0.717) is 0 Å². The average Bonchev–Trinajstić information content (AvgIpc) is 2.32. The first kappa shape index (κ1) is 16.1. The second-order valence-electron chi connectivity index (χ2n) is 3.66. The molecule has 0 rings (SSSR count). The molecule has 4 N–H and O–H groups in total. The highest BCUT2D eigenvalue weighted by Crippen LogP contribution is 2.31. The fourth-order valence-corrected chi connectivity index (χ4v) is 1.79. The molecule has 0 spiro atoms. The van der Waals surface area contributed by atoms with Crippen molar-refractivity contribution >= 4 is 5.97 Å². The maximum absolute atomic E-state index is 11.0. The zero-order chi connectivity index (χ0) is 13.5. The molecular weight excluding hydrogens is 228 g/mol. The second-order valence-corrected chi connectivity index (χ2v) is 3.66. The third kappa shape index (κ3) is 3.50.